The van der Waals surface area contributed by atoms with Crippen molar-refractivity contribution in [1.82, 2.24) is 8.87 Å². The van der Waals surface area contributed by atoms with E-state index < -0.39 is 15.9 Å². The maximum absolute atomic E-state index is 12.8. The number of nitrogens with zero attached hydrogens (tertiary/aromatic N) is 3. The number of benzene rings is 2. The zero-order chi connectivity index (χ0) is 22.0. The van der Waals surface area contributed by atoms with Crippen LogP contribution in [0.1, 0.15) is 37.0 Å². The first kappa shape index (κ1) is 21.7. The molecule has 3 aromatic rings. The van der Waals surface area contributed by atoms with Crippen LogP contribution in [0.15, 0.2) is 52.4 Å². The zero-order valence-electron chi connectivity index (χ0n) is 17.6. The lowest BCUT2D eigenvalue weighted by molar-refractivity contribution is 0.0997. The quantitative estimate of drug-likeness (QED) is 0.564. The minimum Gasteiger partial charge on any atom is -0.494 e. The van der Waals surface area contributed by atoms with Gasteiger partial charge in [0.1, 0.15) is 5.75 Å². The second-order valence-corrected chi connectivity index (χ2v) is 10.2. The molecular formula is C22H25N3O4S2. The summed E-state index contributed by atoms with van der Waals surface area (Å²) in [7, 11) is -3.50. The Morgan fingerprint density at radius 1 is 1.10 bits per heavy atom. The summed E-state index contributed by atoms with van der Waals surface area (Å²) in [6, 6.07) is 11.9. The molecule has 0 unspecified atom stereocenters. The van der Waals surface area contributed by atoms with Crippen LogP contribution in [0, 0.1) is 0 Å². The summed E-state index contributed by atoms with van der Waals surface area (Å²) in [6.07, 6.45) is 1.76. The van der Waals surface area contributed by atoms with Crippen molar-refractivity contribution in [2.45, 2.75) is 38.1 Å². The molecule has 1 aliphatic heterocycles. The highest BCUT2D eigenvalue weighted by Crippen LogP contribution is 2.24. The van der Waals surface area contributed by atoms with E-state index in [1.165, 1.54) is 39.9 Å². The smallest absolute Gasteiger partial charge is 0.279 e. The van der Waals surface area contributed by atoms with E-state index in [-0.39, 0.29) is 4.90 Å². The lowest BCUT2D eigenvalue weighted by Crippen LogP contribution is -2.27. The molecule has 1 fully saturated rings. The van der Waals surface area contributed by atoms with Gasteiger partial charge in [0, 0.05) is 25.2 Å². The molecule has 0 aliphatic carbocycles. The van der Waals surface area contributed by atoms with Gasteiger partial charge in [0.05, 0.1) is 21.7 Å². The molecule has 0 saturated carbocycles. The van der Waals surface area contributed by atoms with Gasteiger partial charge in [-0.2, -0.15) is 9.30 Å². The highest BCUT2D eigenvalue weighted by molar-refractivity contribution is 7.89. The molecule has 1 aromatic heterocycles. The molecular weight excluding hydrogens is 434 g/mol. The summed E-state index contributed by atoms with van der Waals surface area (Å²) >= 11 is 1.43. The van der Waals surface area contributed by atoms with Crippen molar-refractivity contribution in [2.24, 2.45) is 4.99 Å². The first-order valence-electron chi connectivity index (χ1n) is 10.4. The van der Waals surface area contributed by atoms with E-state index in [4.69, 9.17) is 4.74 Å². The number of fused-ring (bicyclic) bond motifs is 1. The third-order valence-corrected chi connectivity index (χ3v) is 8.24. The van der Waals surface area contributed by atoms with Crippen LogP contribution in [0.4, 0.5) is 0 Å². The fourth-order valence-electron chi connectivity index (χ4n) is 3.70. The van der Waals surface area contributed by atoms with Crippen LogP contribution < -0.4 is 9.54 Å². The van der Waals surface area contributed by atoms with Gasteiger partial charge in [-0.05, 0) is 69.2 Å². The molecule has 2 heterocycles. The number of aryl methyl sites for hydroxylation is 1. The number of rotatable bonds is 6. The standard InChI is InChI=1S/C22H25N3O4S2/c1-3-25-19-12-9-17(29-4-2)15-20(19)30-22(25)23-21(26)16-7-10-18(11-8-16)31(27,28)24-13-5-6-14-24/h7-12,15H,3-6,13-14H2,1-2H3. The van der Waals surface area contributed by atoms with Crippen LogP contribution >= 0.6 is 11.3 Å². The van der Waals surface area contributed by atoms with Crippen molar-refractivity contribution in [2.75, 3.05) is 19.7 Å². The van der Waals surface area contributed by atoms with Gasteiger partial charge in [0.25, 0.3) is 5.91 Å². The third kappa shape index (κ3) is 4.30. The SMILES string of the molecule is CCOc1ccc2c(c1)sc(=NC(=O)c1ccc(S(=O)(=O)N3CCCC3)cc1)n2CC. The van der Waals surface area contributed by atoms with Gasteiger partial charge < -0.3 is 9.30 Å². The van der Waals surface area contributed by atoms with E-state index in [9.17, 15) is 13.2 Å². The average Bonchev–Trinajstić information content (AvgIpc) is 3.42. The first-order valence-corrected chi connectivity index (χ1v) is 12.6. The van der Waals surface area contributed by atoms with Crippen molar-refractivity contribution in [3.05, 3.63) is 52.8 Å². The molecule has 7 nitrogen and oxygen atoms in total. The van der Waals surface area contributed by atoms with E-state index in [0.29, 0.717) is 36.6 Å². The monoisotopic (exact) mass is 459 g/mol. The van der Waals surface area contributed by atoms with Crippen molar-refractivity contribution in [3.8, 4) is 5.75 Å². The summed E-state index contributed by atoms with van der Waals surface area (Å²) in [5.41, 5.74) is 1.35. The first-order chi connectivity index (χ1) is 14.9. The van der Waals surface area contributed by atoms with E-state index in [2.05, 4.69) is 4.99 Å². The van der Waals surface area contributed by atoms with Gasteiger partial charge in [-0.25, -0.2) is 8.42 Å². The number of thiazole rings is 1. The maximum Gasteiger partial charge on any atom is 0.279 e. The van der Waals surface area contributed by atoms with Crippen molar-refractivity contribution in [1.29, 1.82) is 0 Å². The molecule has 1 amide bonds. The van der Waals surface area contributed by atoms with Crippen LogP contribution in [0.5, 0.6) is 5.75 Å². The van der Waals surface area contributed by atoms with E-state index in [1.807, 2.05) is 36.6 Å². The Kier molecular flexibility index (Phi) is 6.27. The molecule has 1 aliphatic rings. The molecule has 0 atom stereocenters. The highest BCUT2D eigenvalue weighted by atomic mass is 32.2. The topological polar surface area (TPSA) is 81.0 Å². The molecule has 0 N–H and O–H groups in total. The van der Waals surface area contributed by atoms with Crippen LogP contribution in [0.3, 0.4) is 0 Å². The summed E-state index contributed by atoms with van der Waals surface area (Å²) in [4.78, 5) is 17.9. The largest absolute Gasteiger partial charge is 0.494 e. The van der Waals surface area contributed by atoms with Crippen LogP contribution in [0.2, 0.25) is 0 Å². The Balaban J connectivity index is 1.64. The molecule has 0 radical (unpaired) electrons. The number of ether oxygens (including phenoxy) is 1. The number of hydrogen-bond donors (Lipinski definition) is 0. The van der Waals surface area contributed by atoms with Gasteiger partial charge in [0.15, 0.2) is 4.80 Å². The van der Waals surface area contributed by atoms with Crippen LogP contribution in [0.25, 0.3) is 10.2 Å². The maximum atomic E-state index is 12.8. The number of amides is 1. The molecule has 164 valence electrons. The van der Waals surface area contributed by atoms with Crippen LogP contribution in [-0.4, -0.2) is 42.9 Å². The van der Waals surface area contributed by atoms with E-state index >= 15 is 0 Å². The number of carbonyl (C=O) groups excluding carboxylic acids is 1. The predicted molar refractivity (Wildman–Crippen MR) is 121 cm³/mol. The summed E-state index contributed by atoms with van der Waals surface area (Å²) in [5.74, 6) is 0.385. The van der Waals surface area contributed by atoms with Gasteiger partial charge >= 0.3 is 0 Å². The van der Waals surface area contributed by atoms with Crippen molar-refractivity contribution < 1.29 is 17.9 Å². The Labute approximate surface area is 185 Å². The van der Waals surface area contributed by atoms with Crippen molar-refractivity contribution in [3.63, 3.8) is 0 Å². The fourth-order valence-corrected chi connectivity index (χ4v) is 6.34. The molecule has 1 saturated heterocycles. The minimum atomic E-state index is -3.50. The summed E-state index contributed by atoms with van der Waals surface area (Å²) in [5, 5.41) is 0. The Hall–Kier alpha value is -2.49. The zero-order valence-corrected chi connectivity index (χ0v) is 19.2. The van der Waals surface area contributed by atoms with E-state index in [1.54, 1.807) is 0 Å². The summed E-state index contributed by atoms with van der Waals surface area (Å²) < 4.78 is 35.4. The van der Waals surface area contributed by atoms with Gasteiger partial charge in [-0.15, -0.1) is 0 Å². The second kappa shape index (κ2) is 8.94. The molecule has 2 aromatic carbocycles. The van der Waals surface area contributed by atoms with Gasteiger partial charge in [-0.1, -0.05) is 11.3 Å². The Morgan fingerprint density at radius 3 is 2.45 bits per heavy atom. The second-order valence-electron chi connectivity index (χ2n) is 7.24. The number of sulfonamides is 1. The summed E-state index contributed by atoms with van der Waals surface area (Å²) in [6.45, 7) is 6.30. The minimum absolute atomic E-state index is 0.208. The van der Waals surface area contributed by atoms with Gasteiger partial charge in [0.2, 0.25) is 10.0 Å². The van der Waals surface area contributed by atoms with E-state index in [0.717, 1.165) is 28.8 Å². The number of carbonyl (C=O) groups is 1. The third-order valence-electron chi connectivity index (χ3n) is 5.28. The molecule has 0 bridgehead atoms. The molecule has 0 spiro atoms. The lowest BCUT2D eigenvalue weighted by atomic mass is 10.2. The Morgan fingerprint density at radius 2 is 1.81 bits per heavy atom. The number of aromatic nitrogens is 1. The predicted octanol–water partition coefficient (Wildman–Crippen LogP) is 3.65. The Bertz CT molecular complexity index is 1270. The normalized spacial score (nSPS) is 15.6. The fraction of sp³-hybridized carbons (Fsp3) is 0.364. The van der Waals surface area contributed by atoms with Crippen LogP contribution in [-0.2, 0) is 16.6 Å². The van der Waals surface area contributed by atoms with Gasteiger partial charge in [-0.3, -0.25) is 4.79 Å². The van der Waals surface area contributed by atoms with Crippen molar-refractivity contribution >= 4 is 37.5 Å². The lowest BCUT2D eigenvalue weighted by Gasteiger charge is -2.15. The number of hydrogen-bond acceptors (Lipinski definition) is 5. The molecule has 4 rings (SSSR count). The molecule has 31 heavy (non-hydrogen) atoms. The highest BCUT2D eigenvalue weighted by Gasteiger charge is 2.27. The molecule has 9 heteroatoms. The average molecular weight is 460 g/mol.